The first-order chi connectivity index (χ1) is 9.23. The van der Waals surface area contributed by atoms with E-state index in [1.54, 1.807) is 0 Å². The molecule has 0 spiro atoms. The Morgan fingerprint density at radius 1 is 1.47 bits per heavy atom. The van der Waals surface area contributed by atoms with Crippen molar-refractivity contribution in [2.45, 2.75) is 56.8 Å². The van der Waals surface area contributed by atoms with Crippen LogP contribution in [0, 0.1) is 0 Å². The van der Waals surface area contributed by atoms with Crippen LogP contribution in [0.4, 0.5) is 0 Å². The summed E-state index contributed by atoms with van der Waals surface area (Å²) in [7, 11) is 0. The number of hydrogen-bond donors (Lipinski definition) is 2. The van der Waals surface area contributed by atoms with E-state index in [1.807, 2.05) is 6.92 Å². The van der Waals surface area contributed by atoms with E-state index in [-0.39, 0.29) is 17.7 Å². The summed E-state index contributed by atoms with van der Waals surface area (Å²) >= 11 is 0. The summed E-state index contributed by atoms with van der Waals surface area (Å²) < 4.78 is 11.3. The molecular formula is C13H21N3O3. The van der Waals surface area contributed by atoms with E-state index >= 15 is 0 Å². The molecule has 1 saturated heterocycles. The number of rotatable bonds is 4. The number of ether oxygens (including phenoxy) is 1. The van der Waals surface area contributed by atoms with Gasteiger partial charge in [-0.25, -0.2) is 0 Å². The fourth-order valence-electron chi connectivity index (χ4n) is 3.12. The van der Waals surface area contributed by atoms with E-state index in [0.29, 0.717) is 31.3 Å². The lowest BCUT2D eigenvalue weighted by atomic mass is 10.0. The Kier molecular flexibility index (Phi) is 3.56. The first-order valence-corrected chi connectivity index (χ1v) is 7.13. The molecule has 2 fully saturated rings. The molecule has 0 unspecified atom stereocenters. The minimum absolute atomic E-state index is 0.0312. The molecule has 1 aliphatic heterocycles. The zero-order chi connectivity index (χ0) is 13.3. The Labute approximate surface area is 112 Å². The van der Waals surface area contributed by atoms with Crippen LogP contribution in [-0.2, 0) is 10.3 Å². The van der Waals surface area contributed by atoms with Gasteiger partial charge in [0.05, 0.1) is 12.1 Å². The van der Waals surface area contributed by atoms with Gasteiger partial charge in [0.25, 0.3) is 0 Å². The monoisotopic (exact) mass is 267 g/mol. The van der Waals surface area contributed by atoms with Gasteiger partial charge in [0, 0.05) is 13.2 Å². The highest BCUT2D eigenvalue weighted by Gasteiger charge is 2.41. The average Bonchev–Trinajstić information content (AvgIpc) is 3.07. The molecule has 6 heteroatoms. The molecule has 2 N–H and O–H groups in total. The molecule has 0 amide bonds. The molecule has 6 nitrogen and oxygen atoms in total. The maximum absolute atomic E-state index is 9.54. The van der Waals surface area contributed by atoms with Crippen LogP contribution in [0.15, 0.2) is 4.52 Å². The summed E-state index contributed by atoms with van der Waals surface area (Å²) in [5.74, 6) is 1.24. The molecule has 1 aromatic rings. The number of nitrogens with one attached hydrogen (secondary N) is 1. The van der Waals surface area contributed by atoms with Crippen LogP contribution in [0.2, 0.25) is 0 Å². The number of hydrogen-bond acceptors (Lipinski definition) is 6. The zero-order valence-electron chi connectivity index (χ0n) is 11.3. The number of aliphatic hydroxyl groups excluding tert-OH is 1. The topological polar surface area (TPSA) is 80.4 Å². The third kappa shape index (κ3) is 2.40. The number of aromatic nitrogens is 2. The van der Waals surface area contributed by atoms with E-state index in [2.05, 4.69) is 15.5 Å². The van der Waals surface area contributed by atoms with Crippen molar-refractivity contribution in [1.82, 2.24) is 15.5 Å². The Hall–Kier alpha value is -0.980. The lowest BCUT2D eigenvalue weighted by Gasteiger charge is -2.24. The minimum atomic E-state index is -0.353. The van der Waals surface area contributed by atoms with Crippen molar-refractivity contribution in [3.8, 4) is 0 Å². The molecule has 0 radical (unpaired) electrons. The SMILES string of the molecule is CCOC1(c2noc([C@@H]3C[C@@H](O)CN3)n2)CCCC1. The second kappa shape index (κ2) is 5.19. The van der Waals surface area contributed by atoms with Crippen molar-refractivity contribution in [3.05, 3.63) is 11.7 Å². The molecule has 2 atom stereocenters. The highest BCUT2D eigenvalue weighted by molar-refractivity contribution is 5.07. The van der Waals surface area contributed by atoms with Gasteiger partial charge < -0.3 is 19.7 Å². The molecular weight excluding hydrogens is 246 g/mol. The molecule has 2 heterocycles. The number of nitrogens with zero attached hydrogens (tertiary/aromatic N) is 2. The Morgan fingerprint density at radius 2 is 2.26 bits per heavy atom. The second-order valence-corrected chi connectivity index (χ2v) is 5.44. The van der Waals surface area contributed by atoms with E-state index in [1.165, 1.54) is 0 Å². The first kappa shape index (κ1) is 13.0. The first-order valence-electron chi connectivity index (χ1n) is 7.13. The second-order valence-electron chi connectivity index (χ2n) is 5.44. The van der Waals surface area contributed by atoms with E-state index in [9.17, 15) is 5.11 Å². The molecule has 0 aromatic carbocycles. The van der Waals surface area contributed by atoms with Crippen LogP contribution >= 0.6 is 0 Å². The van der Waals surface area contributed by atoms with Gasteiger partial charge in [-0.05, 0) is 39.0 Å². The lowest BCUT2D eigenvalue weighted by molar-refractivity contribution is -0.0469. The van der Waals surface area contributed by atoms with Crippen molar-refractivity contribution in [2.24, 2.45) is 0 Å². The van der Waals surface area contributed by atoms with Crippen molar-refractivity contribution in [3.63, 3.8) is 0 Å². The quantitative estimate of drug-likeness (QED) is 0.855. The summed E-state index contributed by atoms with van der Waals surface area (Å²) in [5, 5.41) is 16.8. The van der Waals surface area contributed by atoms with Gasteiger partial charge >= 0.3 is 0 Å². The fourth-order valence-corrected chi connectivity index (χ4v) is 3.12. The summed E-state index contributed by atoms with van der Waals surface area (Å²) in [6, 6.07) is -0.0312. The van der Waals surface area contributed by atoms with Crippen molar-refractivity contribution in [1.29, 1.82) is 0 Å². The van der Waals surface area contributed by atoms with Gasteiger partial charge in [-0.15, -0.1) is 0 Å². The molecule has 1 aromatic heterocycles. The molecule has 19 heavy (non-hydrogen) atoms. The maximum atomic E-state index is 9.54. The predicted molar refractivity (Wildman–Crippen MR) is 67.4 cm³/mol. The third-order valence-electron chi connectivity index (χ3n) is 4.09. The van der Waals surface area contributed by atoms with Crippen molar-refractivity contribution in [2.75, 3.05) is 13.2 Å². The van der Waals surface area contributed by atoms with E-state index < -0.39 is 0 Å². The molecule has 106 valence electrons. The van der Waals surface area contributed by atoms with Crippen LogP contribution in [0.1, 0.15) is 56.8 Å². The smallest absolute Gasteiger partial charge is 0.243 e. The molecule has 2 aliphatic rings. The van der Waals surface area contributed by atoms with Crippen LogP contribution in [0.25, 0.3) is 0 Å². The summed E-state index contributed by atoms with van der Waals surface area (Å²) in [5.41, 5.74) is -0.353. The normalized spacial score (nSPS) is 30.0. The zero-order valence-corrected chi connectivity index (χ0v) is 11.3. The molecule has 3 rings (SSSR count). The highest BCUT2D eigenvalue weighted by atomic mass is 16.5. The summed E-state index contributed by atoms with van der Waals surface area (Å²) in [6.45, 7) is 3.24. The summed E-state index contributed by atoms with van der Waals surface area (Å²) in [6.07, 6.45) is 4.51. The molecule has 1 aliphatic carbocycles. The average molecular weight is 267 g/mol. The Bertz CT molecular complexity index is 429. The molecule has 0 bridgehead atoms. The van der Waals surface area contributed by atoms with Gasteiger partial charge in [-0.1, -0.05) is 5.16 Å². The third-order valence-corrected chi connectivity index (χ3v) is 4.09. The summed E-state index contributed by atoms with van der Waals surface area (Å²) in [4.78, 5) is 4.52. The van der Waals surface area contributed by atoms with Crippen LogP contribution < -0.4 is 5.32 Å². The number of aliphatic hydroxyl groups is 1. The lowest BCUT2D eigenvalue weighted by Crippen LogP contribution is -2.28. The van der Waals surface area contributed by atoms with E-state index in [0.717, 1.165) is 25.7 Å². The van der Waals surface area contributed by atoms with Gasteiger partial charge in [0.1, 0.15) is 5.60 Å². The van der Waals surface area contributed by atoms with Crippen molar-refractivity contribution < 1.29 is 14.4 Å². The van der Waals surface area contributed by atoms with Gasteiger partial charge in [0.15, 0.2) is 0 Å². The fraction of sp³-hybridized carbons (Fsp3) is 0.846. The van der Waals surface area contributed by atoms with Gasteiger partial charge in [-0.2, -0.15) is 4.98 Å². The minimum Gasteiger partial charge on any atom is -0.392 e. The Morgan fingerprint density at radius 3 is 2.89 bits per heavy atom. The Balaban J connectivity index is 1.79. The van der Waals surface area contributed by atoms with Crippen LogP contribution in [0.3, 0.4) is 0 Å². The van der Waals surface area contributed by atoms with Crippen molar-refractivity contribution >= 4 is 0 Å². The standard InChI is InChI=1S/C13H21N3O3/c1-2-18-13(5-3-4-6-13)12-15-11(19-16-12)10-7-9(17)8-14-10/h9-10,14,17H,2-8H2,1H3/t9-,10+/m1/s1. The largest absolute Gasteiger partial charge is 0.392 e. The number of β-amino-alcohol motifs (C(OH)–C–C–N with tert-alkyl or cyclic N) is 1. The molecule has 1 saturated carbocycles. The highest BCUT2D eigenvalue weighted by Crippen LogP contribution is 2.41. The predicted octanol–water partition coefficient (Wildman–Crippen LogP) is 1.27. The van der Waals surface area contributed by atoms with Gasteiger partial charge in [0.2, 0.25) is 11.7 Å². The van der Waals surface area contributed by atoms with Crippen LogP contribution in [0.5, 0.6) is 0 Å². The van der Waals surface area contributed by atoms with Crippen LogP contribution in [-0.4, -0.2) is 34.5 Å². The van der Waals surface area contributed by atoms with Gasteiger partial charge in [-0.3, -0.25) is 0 Å². The maximum Gasteiger partial charge on any atom is 0.243 e. The van der Waals surface area contributed by atoms with E-state index in [4.69, 9.17) is 9.26 Å².